The van der Waals surface area contributed by atoms with E-state index in [1.165, 1.54) is 12.1 Å². The lowest BCUT2D eigenvalue weighted by atomic mass is 9.97. The Kier molecular flexibility index (Phi) is 8.10. The van der Waals surface area contributed by atoms with Gasteiger partial charge in [0, 0.05) is 18.5 Å². The lowest BCUT2D eigenvalue weighted by Crippen LogP contribution is -2.40. The van der Waals surface area contributed by atoms with E-state index in [1.54, 1.807) is 6.07 Å². The number of alkyl halides is 3. The molecule has 4 aromatic rings. The molecule has 0 fully saturated rings. The Balaban J connectivity index is 0.000000253. The number of aliphatic hydroxyl groups excluding tert-OH is 1. The summed E-state index contributed by atoms with van der Waals surface area (Å²) in [7, 11) is 0.949. The molecule has 0 aliphatic rings. The van der Waals surface area contributed by atoms with E-state index in [-0.39, 0.29) is 18.2 Å². The van der Waals surface area contributed by atoms with Gasteiger partial charge in [-0.3, -0.25) is 14.2 Å². The fourth-order valence-corrected chi connectivity index (χ4v) is 4.37. The number of nitrogens with zero attached hydrogens (tertiary/aromatic N) is 3. The number of halogens is 3. The van der Waals surface area contributed by atoms with Crippen molar-refractivity contribution in [3.63, 3.8) is 0 Å². The molecule has 0 amide bonds. The van der Waals surface area contributed by atoms with Crippen LogP contribution in [0.15, 0.2) is 64.2 Å². The summed E-state index contributed by atoms with van der Waals surface area (Å²) in [4.78, 5) is 35.1. The Morgan fingerprint density at radius 2 is 1.78 bits per heavy atom. The molecule has 1 atom stereocenters. The van der Waals surface area contributed by atoms with Crippen molar-refractivity contribution in [1.82, 2.24) is 13.5 Å². The maximum atomic E-state index is 12.9. The monoisotopic (exact) mass is 521 g/mol. The number of carboxylic acid groups (broad SMARTS) is 1. The van der Waals surface area contributed by atoms with Gasteiger partial charge in [0.05, 0.1) is 28.6 Å². The standard InChI is InChI=1S/C14H10F3N3O3S.C10H12O2/c1-19-11(14(15,16)17)5-12(22)20(13(19)23)7-2-3-10-8(4-7)9(6-21)18-24-10;1-2-9(10(11)12)8-6-4-3-5-7-8/h2-5,21H,6H2,1H3;3-7,9H,2H2,1H3,(H,11,12). The van der Waals surface area contributed by atoms with Gasteiger partial charge in [-0.1, -0.05) is 37.3 Å². The Morgan fingerprint density at radius 3 is 2.33 bits per heavy atom. The maximum Gasteiger partial charge on any atom is 0.431 e. The van der Waals surface area contributed by atoms with Crippen LogP contribution in [-0.2, 0) is 24.6 Å². The van der Waals surface area contributed by atoms with Crippen LogP contribution in [0.1, 0.15) is 36.2 Å². The van der Waals surface area contributed by atoms with E-state index in [4.69, 9.17) is 5.11 Å². The first-order valence-corrected chi connectivity index (χ1v) is 11.4. The van der Waals surface area contributed by atoms with Crippen LogP contribution in [0.3, 0.4) is 0 Å². The summed E-state index contributed by atoms with van der Waals surface area (Å²) in [5.74, 6) is -1.10. The molecule has 36 heavy (non-hydrogen) atoms. The molecule has 2 aromatic heterocycles. The summed E-state index contributed by atoms with van der Waals surface area (Å²) in [5, 5.41) is 18.6. The molecule has 0 spiro atoms. The predicted octanol–water partition coefficient (Wildman–Crippen LogP) is 3.92. The van der Waals surface area contributed by atoms with Crippen molar-refractivity contribution in [3.8, 4) is 5.69 Å². The molecule has 0 saturated carbocycles. The Hall–Kier alpha value is -3.77. The van der Waals surface area contributed by atoms with Crippen LogP contribution in [0.5, 0.6) is 0 Å². The number of rotatable bonds is 5. The molecule has 0 saturated heterocycles. The highest BCUT2D eigenvalue weighted by Crippen LogP contribution is 2.28. The molecule has 2 aromatic carbocycles. The summed E-state index contributed by atoms with van der Waals surface area (Å²) in [6.07, 6.45) is -4.17. The average Bonchev–Trinajstić information content (AvgIpc) is 3.24. The molecule has 0 aliphatic heterocycles. The zero-order valence-corrected chi connectivity index (χ0v) is 20.0. The zero-order chi connectivity index (χ0) is 26.6. The Morgan fingerprint density at radius 1 is 1.11 bits per heavy atom. The number of benzene rings is 2. The third-order valence-corrected chi connectivity index (χ3v) is 6.32. The molecule has 8 nitrogen and oxygen atoms in total. The number of hydrogen-bond acceptors (Lipinski definition) is 6. The van der Waals surface area contributed by atoms with Crippen LogP contribution in [0.2, 0.25) is 0 Å². The molecule has 2 N–H and O–H groups in total. The normalized spacial score (nSPS) is 12.2. The molecular weight excluding hydrogens is 499 g/mol. The van der Waals surface area contributed by atoms with Crippen molar-refractivity contribution in [3.05, 3.63) is 92.4 Å². The first kappa shape index (κ1) is 26.8. The van der Waals surface area contributed by atoms with Crippen LogP contribution >= 0.6 is 11.5 Å². The van der Waals surface area contributed by atoms with E-state index in [9.17, 15) is 32.7 Å². The summed E-state index contributed by atoms with van der Waals surface area (Å²) in [5.41, 5.74) is -2.15. The molecular formula is C24H22F3N3O5S. The number of aliphatic hydroxyl groups is 1. The zero-order valence-electron chi connectivity index (χ0n) is 19.2. The fourth-order valence-electron chi connectivity index (χ4n) is 3.60. The quantitative estimate of drug-likeness (QED) is 0.412. The van der Waals surface area contributed by atoms with Gasteiger partial charge < -0.3 is 10.2 Å². The van der Waals surface area contributed by atoms with Crippen LogP contribution in [-0.4, -0.2) is 29.7 Å². The van der Waals surface area contributed by atoms with Gasteiger partial charge in [-0.25, -0.2) is 9.36 Å². The molecule has 0 radical (unpaired) electrons. The van der Waals surface area contributed by atoms with Crippen molar-refractivity contribution in [2.75, 3.05) is 0 Å². The molecule has 12 heteroatoms. The molecule has 0 aliphatic carbocycles. The fraction of sp³-hybridized carbons (Fsp3) is 0.250. The summed E-state index contributed by atoms with van der Waals surface area (Å²) in [6, 6.07) is 14.2. The van der Waals surface area contributed by atoms with Gasteiger partial charge in [-0.2, -0.15) is 17.5 Å². The number of aromatic nitrogens is 3. The molecule has 0 bridgehead atoms. The third-order valence-electron chi connectivity index (χ3n) is 5.46. The first-order valence-electron chi connectivity index (χ1n) is 10.7. The average molecular weight is 522 g/mol. The minimum atomic E-state index is -4.81. The number of fused-ring (bicyclic) bond motifs is 1. The highest BCUT2D eigenvalue weighted by molar-refractivity contribution is 7.13. The van der Waals surface area contributed by atoms with Crippen LogP contribution in [0, 0.1) is 0 Å². The molecule has 190 valence electrons. The number of carboxylic acids is 1. The minimum absolute atomic E-state index is 0.108. The number of carbonyl (C=O) groups is 1. The van der Waals surface area contributed by atoms with Gasteiger partial charge in [0.2, 0.25) is 0 Å². The maximum absolute atomic E-state index is 12.9. The third kappa shape index (κ3) is 5.55. The number of hydrogen-bond donors (Lipinski definition) is 2. The van der Waals surface area contributed by atoms with Gasteiger partial charge in [-0.05, 0) is 41.7 Å². The topological polar surface area (TPSA) is 114 Å². The highest BCUT2D eigenvalue weighted by atomic mass is 32.1. The van der Waals surface area contributed by atoms with Crippen LogP contribution < -0.4 is 11.2 Å². The summed E-state index contributed by atoms with van der Waals surface area (Å²) < 4.78 is 44.4. The van der Waals surface area contributed by atoms with Crippen molar-refractivity contribution in [1.29, 1.82) is 0 Å². The van der Waals surface area contributed by atoms with Crippen molar-refractivity contribution >= 4 is 27.6 Å². The Bertz CT molecular complexity index is 1490. The van der Waals surface area contributed by atoms with Crippen molar-refractivity contribution < 1.29 is 28.2 Å². The largest absolute Gasteiger partial charge is 0.481 e. The molecule has 4 rings (SSSR count). The van der Waals surface area contributed by atoms with Gasteiger partial charge in [0.15, 0.2) is 0 Å². The van der Waals surface area contributed by atoms with E-state index in [2.05, 4.69) is 4.37 Å². The smallest absolute Gasteiger partial charge is 0.431 e. The Labute approximate surface area is 206 Å². The summed E-state index contributed by atoms with van der Waals surface area (Å²) >= 11 is 1.13. The van der Waals surface area contributed by atoms with Crippen LogP contribution in [0.4, 0.5) is 13.2 Å². The van der Waals surface area contributed by atoms with E-state index in [0.717, 1.165) is 28.8 Å². The molecule has 2 heterocycles. The summed E-state index contributed by atoms with van der Waals surface area (Å²) in [6.45, 7) is 1.55. The minimum Gasteiger partial charge on any atom is -0.481 e. The second-order valence-electron chi connectivity index (χ2n) is 7.72. The van der Waals surface area contributed by atoms with Crippen LogP contribution in [0.25, 0.3) is 15.8 Å². The van der Waals surface area contributed by atoms with Gasteiger partial charge in [0.1, 0.15) is 5.69 Å². The van der Waals surface area contributed by atoms with Gasteiger partial charge >= 0.3 is 17.8 Å². The van der Waals surface area contributed by atoms with Gasteiger partial charge in [0.25, 0.3) is 5.56 Å². The second-order valence-corrected chi connectivity index (χ2v) is 8.53. The van der Waals surface area contributed by atoms with E-state index in [0.29, 0.717) is 32.7 Å². The van der Waals surface area contributed by atoms with E-state index in [1.807, 2.05) is 37.3 Å². The van der Waals surface area contributed by atoms with E-state index >= 15 is 0 Å². The lowest BCUT2D eigenvalue weighted by molar-refractivity contribution is -0.144. The second kappa shape index (κ2) is 10.9. The first-order chi connectivity index (χ1) is 17.0. The lowest BCUT2D eigenvalue weighted by Gasteiger charge is -2.13. The van der Waals surface area contributed by atoms with Crippen molar-refractivity contribution in [2.24, 2.45) is 7.05 Å². The molecule has 1 unspecified atom stereocenters. The van der Waals surface area contributed by atoms with E-state index < -0.39 is 29.1 Å². The number of aliphatic carboxylic acids is 1. The SMILES string of the molecule is CCC(C(=O)O)c1ccccc1.Cn1c(C(F)(F)F)cc(=O)n(-c2ccc3snc(CO)c3c2)c1=O. The highest BCUT2D eigenvalue weighted by Gasteiger charge is 2.35. The van der Waals surface area contributed by atoms with Gasteiger partial charge in [-0.15, -0.1) is 0 Å². The predicted molar refractivity (Wildman–Crippen MR) is 128 cm³/mol. The van der Waals surface area contributed by atoms with Crippen molar-refractivity contribution in [2.45, 2.75) is 32.0 Å².